The first-order chi connectivity index (χ1) is 18.1. The number of rotatable bonds is 11. The average Bonchev–Trinajstić information content (AvgIpc) is 3.39. The molecular weight excluding hydrogens is 512 g/mol. The third-order valence-corrected chi connectivity index (χ3v) is 6.72. The summed E-state index contributed by atoms with van der Waals surface area (Å²) in [6.07, 6.45) is 1.12. The van der Waals surface area contributed by atoms with E-state index in [1.54, 1.807) is 24.3 Å². The molecule has 1 aliphatic rings. The first-order valence-electron chi connectivity index (χ1n) is 12.1. The molecule has 0 saturated carbocycles. The molecule has 38 heavy (non-hydrogen) atoms. The summed E-state index contributed by atoms with van der Waals surface area (Å²) in [5.41, 5.74) is 7.50. The Balaban J connectivity index is 1.77. The normalized spacial score (nSPS) is 17.3. The lowest BCUT2D eigenvalue weighted by molar-refractivity contribution is -0.144. The van der Waals surface area contributed by atoms with Crippen LogP contribution in [0, 0.1) is 0 Å². The van der Waals surface area contributed by atoms with Gasteiger partial charge in [0.25, 0.3) is 0 Å². The van der Waals surface area contributed by atoms with E-state index in [9.17, 15) is 34.5 Å². The minimum absolute atomic E-state index is 0.0463. The van der Waals surface area contributed by atoms with Gasteiger partial charge in [-0.15, -0.1) is 0 Å². The summed E-state index contributed by atoms with van der Waals surface area (Å²) in [6, 6.07) is 8.28. The van der Waals surface area contributed by atoms with Crippen LogP contribution in [0.25, 0.3) is 0 Å². The van der Waals surface area contributed by atoms with Gasteiger partial charge in [0.05, 0.1) is 6.04 Å². The molecule has 1 heterocycles. The number of amides is 3. The van der Waals surface area contributed by atoms with Crippen molar-refractivity contribution in [2.24, 2.45) is 5.73 Å². The number of hydrogen-bond acceptors (Lipinski definition) is 8. The van der Waals surface area contributed by atoms with Crippen LogP contribution in [0.1, 0.15) is 24.0 Å². The zero-order chi connectivity index (χ0) is 27.8. The second kappa shape index (κ2) is 13.2. The zero-order valence-corrected chi connectivity index (χ0v) is 21.5. The first kappa shape index (κ1) is 28.8. The maximum Gasteiger partial charge on any atom is 0.327 e. The molecule has 11 nitrogen and oxygen atoms in total. The molecule has 0 aliphatic carbocycles. The van der Waals surface area contributed by atoms with Gasteiger partial charge in [-0.3, -0.25) is 14.4 Å². The highest BCUT2D eigenvalue weighted by atomic mass is 32.1. The van der Waals surface area contributed by atoms with Gasteiger partial charge in [-0.1, -0.05) is 24.3 Å². The van der Waals surface area contributed by atoms with Gasteiger partial charge >= 0.3 is 5.97 Å². The first-order valence-corrected chi connectivity index (χ1v) is 12.8. The number of carboxylic acids is 1. The number of aliphatic carboxylic acids is 1. The fourth-order valence-electron chi connectivity index (χ4n) is 4.28. The monoisotopic (exact) mass is 544 g/mol. The lowest BCUT2D eigenvalue weighted by Gasteiger charge is -2.30. The molecule has 0 spiro atoms. The summed E-state index contributed by atoms with van der Waals surface area (Å²) in [4.78, 5) is 52.2. The van der Waals surface area contributed by atoms with E-state index in [2.05, 4.69) is 23.3 Å². The van der Waals surface area contributed by atoms with Gasteiger partial charge in [0.2, 0.25) is 17.7 Å². The molecule has 3 amide bonds. The number of nitrogens with two attached hydrogens (primary N) is 1. The summed E-state index contributed by atoms with van der Waals surface area (Å²) in [5, 5.41) is 33.4. The lowest BCUT2D eigenvalue weighted by Crippen LogP contribution is -2.57. The van der Waals surface area contributed by atoms with E-state index >= 15 is 0 Å². The third kappa shape index (κ3) is 7.62. The van der Waals surface area contributed by atoms with E-state index in [0.29, 0.717) is 18.4 Å². The molecule has 2 aromatic carbocycles. The van der Waals surface area contributed by atoms with Crippen LogP contribution in [0.15, 0.2) is 48.5 Å². The van der Waals surface area contributed by atoms with Crippen LogP contribution in [0.3, 0.4) is 0 Å². The smallest absolute Gasteiger partial charge is 0.327 e. The van der Waals surface area contributed by atoms with Gasteiger partial charge in [-0.25, -0.2) is 4.79 Å². The van der Waals surface area contributed by atoms with Crippen LogP contribution in [-0.2, 0) is 32.0 Å². The number of carbonyl (C=O) groups excluding carboxylic acids is 3. The van der Waals surface area contributed by atoms with Gasteiger partial charge in [-0.05, 0) is 54.7 Å². The van der Waals surface area contributed by atoms with E-state index in [1.165, 1.54) is 29.2 Å². The van der Waals surface area contributed by atoms with Gasteiger partial charge in [0.15, 0.2) is 0 Å². The lowest BCUT2D eigenvalue weighted by atomic mass is 10.0. The van der Waals surface area contributed by atoms with Crippen molar-refractivity contribution in [2.75, 3.05) is 12.3 Å². The number of carboxylic acid groups (broad SMARTS) is 1. The Bertz CT molecular complexity index is 1140. The van der Waals surface area contributed by atoms with Crippen LogP contribution >= 0.6 is 12.6 Å². The fourth-order valence-corrected chi connectivity index (χ4v) is 4.53. The highest BCUT2D eigenvalue weighted by Crippen LogP contribution is 2.21. The number of phenolic OH excluding ortho intramolecular Hbond substituents is 2. The number of likely N-dealkylation sites (tertiary alicyclic amines) is 1. The molecule has 1 fully saturated rings. The molecule has 0 radical (unpaired) electrons. The van der Waals surface area contributed by atoms with Crippen LogP contribution in [0.5, 0.6) is 11.5 Å². The number of aromatic hydroxyl groups is 2. The number of phenols is 2. The average molecular weight is 545 g/mol. The van der Waals surface area contributed by atoms with Crippen LogP contribution in [-0.4, -0.2) is 80.4 Å². The van der Waals surface area contributed by atoms with Crippen molar-refractivity contribution in [1.82, 2.24) is 15.5 Å². The van der Waals surface area contributed by atoms with Crippen LogP contribution in [0.2, 0.25) is 0 Å². The fraction of sp³-hybridized carbons (Fsp3) is 0.385. The minimum atomic E-state index is -1.23. The van der Waals surface area contributed by atoms with Crippen molar-refractivity contribution in [2.45, 2.75) is 49.9 Å². The van der Waals surface area contributed by atoms with E-state index in [1.807, 2.05) is 0 Å². The molecule has 12 heteroatoms. The quantitative estimate of drug-likeness (QED) is 0.196. The van der Waals surface area contributed by atoms with Gasteiger partial charge in [-0.2, -0.15) is 12.6 Å². The van der Waals surface area contributed by atoms with Crippen molar-refractivity contribution in [3.63, 3.8) is 0 Å². The predicted molar refractivity (Wildman–Crippen MR) is 142 cm³/mol. The number of thiol groups is 1. The topological polar surface area (TPSA) is 182 Å². The minimum Gasteiger partial charge on any atom is -0.508 e. The number of nitrogens with one attached hydrogen (secondary N) is 2. The van der Waals surface area contributed by atoms with Crippen molar-refractivity contribution < 1.29 is 34.5 Å². The summed E-state index contributed by atoms with van der Waals surface area (Å²) in [7, 11) is 0. The Labute approximate surface area is 225 Å². The highest BCUT2D eigenvalue weighted by molar-refractivity contribution is 7.80. The van der Waals surface area contributed by atoms with Crippen LogP contribution < -0.4 is 16.4 Å². The molecule has 1 saturated heterocycles. The Hall–Kier alpha value is -3.77. The SMILES string of the molecule is NC(Cc1ccc(O)cc1)C(=O)NC(Cc1ccc(O)cc1)C(=O)N1CCCC1C(=O)NC(CS)C(=O)O. The second-order valence-electron chi connectivity index (χ2n) is 9.18. The molecule has 2 aromatic rings. The van der Waals surface area contributed by atoms with E-state index in [4.69, 9.17) is 5.73 Å². The Morgan fingerprint density at radius 1 is 0.921 bits per heavy atom. The second-order valence-corrected chi connectivity index (χ2v) is 9.55. The predicted octanol–water partition coefficient (Wildman–Crippen LogP) is 0.185. The van der Waals surface area contributed by atoms with Crippen LogP contribution in [0.4, 0.5) is 0 Å². The molecule has 1 aliphatic heterocycles. The van der Waals surface area contributed by atoms with Crippen molar-refractivity contribution in [3.05, 3.63) is 59.7 Å². The summed E-state index contributed by atoms with van der Waals surface area (Å²) in [5.74, 6) is -2.89. The van der Waals surface area contributed by atoms with E-state index < -0.39 is 47.9 Å². The molecule has 3 rings (SSSR count). The summed E-state index contributed by atoms with van der Waals surface area (Å²) >= 11 is 3.96. The third-order valence-electron chi connectivity index (χ3n) is 6.36. The largest absolute Gasteiger partial charge is 0.508 e. The van der Waals surface area contributed by atoms with Crippen molar-refractivity contribution in [3.8, 4) is 11.5 Å². The maximum atomic E-state index is 13.7. The maximum absolute atomic E-state index is 13.7. The van der Waals surface area contributed by atoms with E-state index in [0.717, 1.165) is 5.56 Å². The Morgan fingerprint density at radius 3 is 2.00 bits per heavy atom. The molecule has 7 N–H and O–H groups in total. The zero-order valence-electron chi connectivity index (χ0n) is 20.6. The highest BCUT2D eigenvalue weighted by Gasteiger charge is 2.39. The van der Waals surface area contributed by atoms with E-state index in [-0.39, 0.29) is 36.6 Å². The van der Waals surface area contributed by atoms with Gasteiger partial charge in [0.1, 0.15) is 29.6 Å². The molecule has 4 atom stereocenters. The molecular formula is C26H32N4O7S. The number of nitrogens with zero attached hydrogens (tertiary/aromatic N) is 1. The number of benzene rings is 2. The van der Waals surface area contributed by atoms with Gasteiger partial charge in [0, 0.05) is 18.7 Å². The molecule has 0 aromatic heterocycles. The molecule has 0 bridgehead atoms. The number of hydrogen-bond donors (Lipinski definition) is 7. The summed E-state index contributed by atoms with van der Waals surface area (Å²) in [6.45, 7) is 0.261. The van der Waals surface area contributed by atoms with Crippen molar-refractivity contribution >= 4 is 36.3 Å². The summed E-state index contributed by atoms with van der Waals surface area (Å²) < 4.78 is 0. The molecule has 4 unspecified atom stereocenters. The molecule has 204 valence electrons. The Morgan fingerprint density at radius 2 is 1.47 bits per heavy atom. The number of carbonyl (C=O) groups is 4. The standard InChI is InChI=1S/C26H32N4O7S/c27-19(12-15-3-7-17(31)8-4-15)23(33)28-20(13-16-5-9-18(32)10-6-16)25(35)30-11-1-2-22(30)24(34)29-21(14-38)26(36)37/h3-10,19-22,31-32,38H,1-2,11-14,27H2,(H,28,33)(H,29,34)(H,36,37). The van der Waals surface area contributed by atoms with Gasteiger partial charge < -0.3 is 36.6 Å². The van der Waals surface area contributed by atoms with Crippen molar-refractivity contribution in [1.29, 1.82) is 0 Å². The Kier molecular flexibility index (Phi) is 9.97.